The minimum Gasteiger partial charge on any atom is -0.284 e. The first-order valence-electron chi connectivity index (χ1n) is 9.83. The third kappa shape index (κ3) is 5.73. The van der Waals surface area contributed by atoms with E-state index in [4.69, 9.17) is 0 Å². The van der Waals surface area contributed by atoms with Crippen molar-refractivity contribution in [1.29, 1.82) is 0 Å². The highest BCUT2D eigenvalue weighted by Gasteiger charge is 2.38. The van der Waals surface area contributed by atoms with Crippen molar-refractivity contribution in [2.45, 2.75) is 77.6 Å². The van der Waals surface area contributed by atoms with Crippen molar-refractivity contribution >= 4 is 15.7 Å². The van der Waals surface area contributed by atoms with E-state index in [9.17, 15) is 8.42 Å². The van der Waals surface area contributed by atoms with Crippen LogP contribution in [0.15, 0.2) is 24.3 Å². The van der Waals surface area contributed by atoms with Gasteiger partial charge in [0.1, 0.15) is 0 Å². The van der Waals surface area contributed by atoms with Gasteiger partial charge in [-0.25, -0.2) is 8.42 Å². The van der Waals surface area contributed by atoms with Crippen LogP contribution in [0.4, 0.5) is 5.69 Å². The van der Waals surface area contributed by atoms with Gasteiger partial charge in [-0.2, -0.15) is 0 Å². The van der Waals surface area contributed by atoms with E-state index in [-0.39, 0.29) is 5.41 Å². The molecule has 0 spiro atoms. The fraction of sp³-hybridized carbons (Fsp3) is 0.714. The molecule has 1 aliphatic carbocycles. The smallest absolute Gasteiger partial charge is 0.229 e. The third-order valence-corrected chi connectivity index (χ3v) is 6.74. The Hall–Kier alpha value is -1.03. The van der Waals surface area contributed by atoms with Crippen LogP contribution in [0.25, 0.3) is 0 Å². The van der Waals surface area contributed by atoms with Crippen LogP contribution < -0.4 is 4.72 Å². The first-order valence-corrected chi connectivity index (χ1v) is 11.7. The van der Waals surface area contributed by atoms with Gasteiger partial charge in [0.2, 0.25) is 10.0 Å². The summed E-state index contributed by atoms with van der Waals surface area (Å²) < 4.78 is 25.6. The summed E-state index contributed by atoms with van der Waals surface area (Å²) in [7, 11) is -3.23. The standard InChI is InChI=1S/C21H35NO2S/c1-5-6-7-8-10-18-13-14-21(3,17(2)15-18)19-11-9-12-20(16-19)22-25(4,23)24/h9,11-12,16-18,22H,5-8,10,13-15H2,1-4H3. The lowest BCUT2D eigenvalue weighted by atomic mass is 9.61. The lowest BCUT2D eigenvalue weighted by Gasteiger charge is -2.44. The Morgan fingerprint density at radius 2 is 2.00 bits per heavy atom. The van der Waals surface area contributed by atoms with Crippen LogP contribution in [-0.2, 0) is 15.4 Å². The van der Waals surface area contributed by atoms with Crippen molar-refractivity contribution in [2.75, 3.05) is 11.0 Å². The molecule has 3 atom stereocenters. The molecule has 0 aromatic heterocycles. The van der Waals surface area contributed by atoms with Gasteiger partial charge < -0.3 is 0 Å². The molecule has 4 heteroatoms. The average Bonchev–Trinajstić information content (AvgIpc) is 2.53. The number of sulfonamides is 1. The molecule has 1 saturated carbocycles. The van der Waals surface area contributed by atoms with Crippen LogP contribution in [0.1, 0.15) is 77.7 Å². The zero-order valence-electron chi connectivity index (χ0n) is 16.3. The minimum atomic E-state index is -3.23. The first-order chi connectivity index (χ1) is 11.7. The van der Waals surface area contributed by atoms with Crippen LogP contribution in [0.3, 0.4) is 0 Å². The van der Waals surface area contributed by atoms with Gasteiger partial charge in [-0.05, 0) is 54.2 Å². The lowest BCUT2D eigenvalue weighted by molar-refractivity contribution is 0.159. The minimum absolute atomic E-state index is 0.134. The zero-order chi connectivity index (χ0) is 18.5. The number of hydrogen-bond acceptors (Lipinski definition) is 2. The molecule has 0 saturated heterocycles. The predicted molar refractivity (Wildman–Crippen MR) is 108 cm³/mol. The molecule has 0 bridgehead atoms. The molecule has 1 aromatic rings. The third-order valence-electron chi connectivity index (χ3n) is 6.14. The lowest BCUT2D eigenvalue weighted by Crippen LogP contribution is -2.36. The summed E-state index contributed by atoms with van der Waals surface area (Å²) >= 11 is 0. The monoisotopic (exact) mass is 365 g/mol. The number of rotatable bonds is 8. The highest BCUT2D eigenvalue weighted by Crippen LogP contribution is 2.47. The van der Waals surface area contributed by atoms with Crippen LogP contribution >= 0.6 is 0 Å². The van der Waals surface area contributed by atoms with E-state index in [1.54, 1.807) is 0 Å². The normalized spacial score (nSPS) is 27.2. The van der Waals surface area contributed by atoms with Crippen molar-refractivity contribution in [3.05, 3.63) is 29.8 Å². The SMILES string of the molecule is CCCCCCC1CCC(C)(c2cccc(NS(C)(=O)=O)c2)C(C)C1. The summed E-state index contributed by atoms with van der Waals surface area (Å²) in [6, 6.07) is 7.99. The number of nitrogens with one attached hydrogen (secondary N) is 1. The summed E-state index contributed by atoms with van der Waals surface area (Å²) in [5, 5.41) is 0. The molecule has 1 aromatic carbocycles. The molecule has 3 unspecified atom stereocenters. The van der Waals surface area contributed by atoms with Crippen LogP contribution in [0, 0.1) is 11.8 Å². The van der Waals surface area contributed by atoms with E-state index in [1.807, 2.05) is 18.2 Å². The van der Waals surface area contributed by atoms with Crippen LogP contribution in [-0.4, -0.2) is 14.7 Å². The summed E-state index contributed by atoms with van der Waals surface area (Å²) in [5.74, 6) is 1.48. The zero-order valence-corrected chi connectivity index (χ0v) is 17.2. The van der Waals surface area contributed by atoms with Crippen LogP contribution in [0.2, 0.25) is 0 Å². The van der Waals surface area contributed by atoms with Gasteiger partial charge in [0.15, 0.2) is 0 Å². The maximum atomic E-state index is 11.5. The molecule has 0 radical (unpaired) electrons. The highest BCUT2D eigenvalue weighted by atomic mass is 32.2. The number of anilines is 1. The molecule has 0 amide bonds. The fourth-order valence-corrected chi connectivity index (χ4v) is 4.89. The van der Waals surface area contributed by atoms with Gasteiger partial charge in [0.25, 0.3) is 0 Å². The van der Waals surface area contributed by atoms with Gasteiger partial charge in [-0.1, -0.05) is 65.0 Å². The molecular formula is C21H35NO2S. The Balaban J connectivity index is 2.03. The topological polar surface area (TPSA) is 46.2 Å². The van der Waals surface area contributed by atoms with E-state index in [0.29, 0.717) is 11.6 Å². The van der Waals surface area contributed by atoms with E-state index >= 15 is 0 Å². The number of unbranched alkanes of at least 4 members (excludes halogenated alkanes) is 3. The Bertz CT molecular complexity index is 656. The Morgan fingerprint density at radius 1 is 1.24 bits per heavy atom. The molecule has 2 rings (SSSR count). The molecule has 1 aliphatic rings. The Morgan fingerprint density at radius 3 is 2.64 bits per heavy atom. The quantitative estimate of drug-likeness (QED) is 0.599. The summed E-state index contributed by atoms with van der Waals surface area (Å²) in [6.07, 6.45) is 11.7. The van der Waals surface area contributed by atoms with Crippen molar-refractivity contribution in [2.24, 2.45) is 11.8 Å². The summed E-state index contributed by atoms with van der Waals surface area (Å²) in [5.41, 5.74) is 2.07. The molecule has 142 valence electrons. The second kappa shape index (κ2) is 8.57. The van der Waals surface area contributed by atoms with Gasteiger partial charge in [-0.3, -0.25) is 4.72 Å². The molecular weight excluding hydrogens is 330 g/mol. The average molecular weight is 366 g/mol. The predicted octanol–water partition coefficient (Wildman–Crippen LogP) is 5.72. The van der Waals surface area contributed by atoms with E-state index in [2.05, 4.69) is 31.6 Å². The van der Waals surface area contributed by atoms with Crippen LogP contribution in [0.5, 0.6) is 0 Å². The van der Waals surface area contributed by atoms with E-state index < -0.39 is 10.0 Å². The number of benzene rings is 1. The molecule has 3 nitrogen and oxygen atoms in total. The molecule has 0 aliphatic heterocycles. The van der Waals surface area contributed by atoms with E-state index in [0.717, 1.165) is 5.92 Å². The first kappa shape index (κ1) is 20.3. The summed E-state index contributed by atoms with van der Waals surface area (Å²) in [6.45, 7) is 6.99. The van der Waals surface area contributed by atoms with Gasteiger partial charge in [-0.15, -0.1) is 0 Å². The fourth-order valence-electron chi connectivity index (χ4n) is 4.33. The van der Waals surface area contributed by atoms with Crippen molar-refractivity contribution in [3.63, 3.8) is 0 Å². The van der Waals surface area contributed by atoms with Crippen molar-refractivity contribution < 1.29 is 8.42 Å². The number of hydrogen-bond donors (Lipinski definition) is 1. The second-order valence-corrected chi connectivity index (χ2v) is 10.0. The second-order valence-electron chi connectivity index (χ2n) is 8.26. The van der Waals surface area contributed by atoms with Gasteiger partial charge in [0, 0.05) is 5.69 Å². The van der Waals surface area contributed by atoms with Gasteiger partial charge >= 0.3 is 0 Å². The molecule has 25 heavy (non-hydrogen) atoms. The summed E-state index contributed by atoms with van der Waals surface area (Å²) in [4.78, 5) is 0. The highest BCUT2D eigenvalue weighted by molar-refractivity contribution is 7.92. The Labute approximate surface area is 154 Å². The maximum Gasteiger partial charge on any atom is 0.229 e. The largest absolute Gasteiger partial charge is 0.284 e. The van der Waals surface area contributed by atoms with E-state index in [1.165, 1.54) is 63.2 Å². The Kier molecular flexibility index (Phi) is 6.95. The molecule has 1 N–H and O–H groups in total. The molecule has 0 heterocycles. The van der Waals surface area contributed by atoms with Crippen molar-refractivity contribution in [1.82, 2.24) is 0 Å². The van der Waals surface area contributed by atoms with Gasteiger partial charge in [0.05, 0.1) is 6.26 Å². The molecule has 1 fully saturated rings. The maximum absolute atomic E-state index is 11.5. The van der Waals surface area contributed by atoms with Crippen molar-refractivity contribution in [3.8, 4) is 0 Å².